The quantitative estimate of drug-likeness (QED) is 0.751. The molecule has 2 heterocycles. The molecule has 0 spiro atoms. The highest BCUT2D eigenvalue weighted by atomic mass is 127. The van der Waals surface area contributed by atoms with Crippen LogP contribution in [0.4, 0.5) is 0 Å². The molecule has 1 aromatic carbocycles. The van der Waals surface area contributed by atoms with Gasteiger partial charge in [-0.15, -0.1) is 0 Å². The number of carbonyl (C=O) groups excluding carboxylic acids is 1. The lowest BCUT2D eigenvalue weighted by atomic mass is 9.88. The van der Waals surface area contributed by atoms with E-state index in [4.69, 9.17) is 0 Å². The molecule has 0 aliphatic carbocycles. The summed E-state index contributed by atoms with van der Waals surface area (Å²) in [7, 11) is 0. The zero-order chi connectivity index (χ0) is 14.8. The van der Waals surface area contributed by atoms with Crippen LogP contribution in [0, 0.1) is 9.49 Å². The van der Waals surface area contributed by atoms with Crippen molar-refractivity contribution < 1.29 is 9.90 Å². The molecule has 0 bridgehead atoms. The van der Waals surface area contributed by atoms with Gasteiger partial charge in [0.05, 0.1) is 5.56 Å². The minimum Gasteiger partial charge on any atom is -0.507 e. The number of hydrogen-bond donors (Lipinski definition) is 2. The molecule has 2 N–H and O–H groups in total. The molecule has 0 aromatic heterocycles. The number of nitrogens with zero attached hydrogens (tertiary/aromatic N) is 1. The Bertz CT molecular complexity index is 521. The molecule has 114 valence electrons. The third-order valence-electron chi connectivity index (χ3n) is 4.68. The number of likely N-dealkylation sites (tertiary alicyclic amines) is 1. The molecule has 1 amide bonds. The molecule has 1 aromatic rings. The minimum atomic E-state index is -0.0381. The second kappa shape index (κ2) is 6.52. The van der Waals surface area contributed by atoms with Crippen LogP contribution in [0.15, 0.2) is 18.2 Å². The summed E-state index contributed by atoms with van der Waals surface area (Å²) in [5.41, 5.74) is 0.430. The number of phenolic OH excluding ortho intramolecular Hbond substituents is 1. The maximum atomic E-state index is 12.5. The number of benzene rings is 1. The lowest BCUT2D eigenvalue weighted by Gasteiger charge is -2.35. The van der Waals surface area contributed by atoms with Crippen molar-refractivity contribution in [1.29, 1.82) is 0 Å². The van der Waals surface area contributed by atoms with E-state index < -0.39 is 0 Å². The van der Waals surface area contributed by atoms with Crippen LogP contribution >= 0.6 is 22.6 Å². The fraction of sp³-hybridized carbons (Fsp3) is 0.562. The molecule has 3 rings (SSSR count). The first-order valence-electron chi connectivity index (χ1n) is 7.66. The zero-order valence-electron chi connectivity index (χ0n) is 12.0. The first-order valence-corrected chi connectivity index (χ1v) is 8.74. The highest BCUT2D eigenvalue weighted by Crippen LogP contribution is 2.28. The fourth-order valence-corrected chi connectivity index (χ4v) is 3.96. The number of amides is 1. The number of aromatic hydroxyl groups is 1. The first kappa shape index (κ1) is 15.1. The molecule has 0 saturated carbocycles. The Hall–Kier alpha value is -0.820. The van der Waals surface area contributed by atoms with Crippen LogP contribution in [-0.2, 0) is 0 Å². The van der Waals surface area contributed by atoms with Crippen LogP contribution in [0.5, 0.6) is 5.75 Å². The zero-order valence-corrected chi connectivity index (χ0v) is 14.2. The van der Waals surface area contributed by atoms with E-state index in [1.807, 2.05) is 11.0 Å². The minimum absolute atomic E-state index is 0.0381. The van der Waals surface area contributed by atoms with E-state index in [1.165, 1.54) is 12.8 Å². The predicted molar refractivity (Wildman–Crippen MR) is 90.5 cm³/mol. The van der Waals surface area contributed by atoms with Gasteiger partial charge in [0.25, 0.3) is 5.91 Å². The largest absolute Gasteiger partial charge is 0.507 e. The SMILES string of the molecule is O=C(c1cc(I)ccc1O)N1CCC(C2CCCN2)CC1. The Kier molecular flexibility index (Phi) is 4.69. The summed E-state index contributed by atoms with van der Waals surface area (Å²) in [6.07, 6.45) is 4.68. The third kappa shape index (κ3) is 3.34. The van der Waals surface area contributed by atoms with Crippen LogP contribution in [0.2, 0.25) is 0 Å². The van der Waals surface area contributed by atoms with E-state index in [-0.39, 0.29) is 11.7 Å². The van der Waals surface area contributed by atoms with E-state index >= 15 is 0 Å². The standard InChI is InChI=1S/C16H21IN2O2/c17-12-3-4-15(20)13(10-12)16(21)19-8-5-11(6-9-19)14-2-1-7-18-14/h3-4,10-11,14,18,20H,1-2,5-9H2. The van der Waals surface area contributed by atoms with Gasteiger partial charge in [0.15, 0.2) is 0 Å². The molecule has 5 heteroatoms. The number of rotatable bonds is 2. The van der Waals surface area contributed by atoms with Crippen molar-refractivity contribution in [3.05, 3.63) is 27.3 Å². The van der Waals surface area contributed by atoms with Gasteiger partial charge in [-0.3, -0.25) is 4.79 Å². The van der Waals surface area contributed by atoms with Gasteiger partial charge in [-0.1, -0.05) is 0 Å². The average molecular weight is 400 g/mol. The molecule has 1 atom stereocenters. The molecule has 2 saturated heterocycles. The maximum absolute atomic E-state index is 12.5. The van der Waals surface area contributed by atoms with Crippen LogP contribution < -0.4 is 5.32 Å². The topological polar surface area (TPSA) is 52.6 Å². The summed E-state index contributed by atoms with van der Waals surface area (Å²) in [4.78, 5) is 14.4. The van der Waals surface area contributed by atoms with Gasteiger partial charge in [0.1, 0.15) is 5.75 Å². The Morgan fingerprint density at radius 2 is 2.05 bits per heavy atom. The van der Waals surface area contributed by atoms with Crippen molar-refractivity contribution in [3.8, 4) is 5.75 Å². The molecule has 2 fully saturated rings. The summed E-state index contributed by atoms with van der Waals surface area (Å²) in [6, 6.07) is 5.82. The van der Waals surface area contributed by atoms with Crippen LogP contribution in [0.25, 0.3) is 0 Å². The lowest BCUT2D eigenvalue weighted by molar-refractivity contribution is 0.0671. The Morgan fingerprint density at radius 1 is 1.29 bits per heavy atom. The lowest BCUT2D eigenvalue weighted by Crippen LogP contribution is -2.43. The van der Waals surface area contributed by atoms with Gasteiger partial charge in [0.2, 0.25) is 0 Å². The molecule has 21 heavy (non-hydrogen) atoms. The van der Waals surface area contributed by atoms with Crippen molar-refractivity contribution in [2.45, 2.75) is 31.7 Å². The molecule has 4 nitrogen and oxygen atoms in total. The predicted octanol–water partition coefficient (Wildman–Crippen LogP) is 2.60. The van der Waals surface area contributed by atoms with Crippen LogP contribution in [0.3, 0.4) is 0 Å². The smallest absolute Gasteiger partial charge is 0.257 e. The summed E-state index contributed by atoms with van der Waals surface area (Å²) < 4.78 is 0.971. The summed E-state index contributed by atoms with van der Waals surface area (Å²) in [6.45, 7) is 2.74. The summed E-state index contributed by atoms with van der Waals surface area (Å²) >= 11 is 2.16. The van der Waals surface area contributed by atoms with Crippen molar-refractivity contribution in [1.82, 2.24) is 10.2 Å². The Balaban J connectivity index is 1.63. The summed E-state index contributed by atoms with van der Waals surface area (Å²) in [5, 5.41) is 13.5. The van der Waals surface area contributed by atoms with Crippen molar-refractivity contribution in [2.75, 3.05) is 19.6 Å². The second-order valence-electron chi connectivity index (χ2n) is 5.99. The Morgan fingerprint density at radius 3 is 2.71 bits per heavy atom. The fourth-order valence-electron chi connectivity index (χ4n) is 3.47. The van der Waals surface area contributed by atoms with Gasteiger partial charge < -0.3 is 15.3 Å². The molecule has 0 radical (unpaired) electrons. The molecule has 2 aliphatic heterocycles. The van der Waals surface area contributed by atoms with Crippen molar-refractivity contribution in [2.24, 2.45) is 5.92 Å². The van der Waals surface area contributed by atoms with Crippen molar-refractivity contribution >= 4 is 28.5 Å². The van der Waals surface area contributed by atoms with E-state index in [0.717, 1.165) is 36.0 Å². The van der Waals surface area contributed by atoms with Crippen molar-refractivity contribution in [3.63, 3.8) is 0 Å². The van der Waals surface area contributed by atoms with Gasteiger partial charge >= 0.3 is 0 Å². The normalized spacial score (nSPS) is 23.5. The van der Waals surface area contributed by atoms with Crippen LogP contribution in [-0.4, -0.2) is 41.6 Å². The number of halogens is 1. The molecular formula is C16H21IN2O2. The number of phenols is 1. The third-order valence-corrected chi connectivity index (χ3v) is 5.35. The Labute approximate surface area is 139 Å². The van der Waals surface area contributed by atoms with Gasteiger partial charge in [-0.25, -0.2) is 0 Å². The van der Waals surface area contributed by atoms with E-state index in [2.05, 4.69) is 27.9 Å². The summed E-state index contributed by atoms with van der Waals surface area (Å²) in [5.74, 6) is 0.741. The van der Waals surface area contributed by atoms with Gasteiger partial charge in [-0.05, 0) is 78.9 Å². The number of hydrogen-bond acceptors (Lipinski definition) is 3. The number of piperidine rings is 1. The highest BCUT2D eigenvalue weighted by Gasteiger charge is 2.30. The molecular weight excluding hydrogens is 379 g/mol. The van der Waals surface area contributed by atoms with E-state index in [9.17, 15) is 9.90 Å². The second-order valence-corrected chi connectivity index (χ2v) is 7.24. The molecule has 1 unspecified atom stereocenters. The number of nitrogens with one attached hydrogen (secondary N) is 1. The van der Waals surface area contributed by atoms with E-state index in [1.54, 1.807) is 12.1 Å². The monoisotopic (exact) mass is 400 g/mol. The van der Waals surface area contributed by atoms with Crippen LogP contribution in [0.1, 0.15) is 36.0 Å². The van der Waals surface area contributed by atoms with E-state index in [0.29, 0.717) is 17.5 Å². The first-order chi connectivity index (χ1) is 10.1. The average Bonchev–Trinajstić information content (AvgIpc) is 3.03. The van der Waals surface area contributed by atoms with Gasteiger partial charge in [0, 0.05) is 22.7 Å². The molecule has 2 aliphatic rings. The number of carbonyl (C=O) groups is 1. The van der Waals surface area contributed by atoms with Gasteiger partial charge in [-0.2, -0.15) is 0 Å². The highest BCUT2D eigenvalue weighted by molar-refractivity contribution is 14.1. The maximum Gasteiger partial charge on any atom is 0.257 e.